The molecule has 148 valence electrons. The van der Waals surface area contributed by atoms with Crippen molar-refractivity contribution >= 4 is 17.8 Å². The molecule has 0 spiro atoms. The Hall–Kier alpha value is -3.74. The normalized spacial score (nSPS) is 10.8. The summed E-state index contributed by atoms with van der Waals surface area (Å²) in [6.07, 6.45) is 6.18. The molecule has 1 aromatic heterocycles. The standard InChI is InChI=1S/C22H19FN2O4/c1-28-21-9-8-18(11-19(21)23)20(26)15-29-22(27)10-7-17-12-24-25(14-17)13-16-5-3-2-4-6-16/h2-12,14H,13,15H2,1H3/b10-7+. The van der Waals surface area contributed by atoms with Crippen LogP contribution in [-0.4, -0.2) is 35.2 Å². The lowest BCUT2D eigenvalue weighted by molar-refractivity contribution is -0.136. The second-order valence-corrected chi connectivity index (χ2v) is 6.17. The van der Waals surface area contributed by atoms with Gasteiger partial charge in [-0.15, -0.1) is 0 Å². The number of nitrogens with zero attached hydrogens (tertiary/aromatic N) is 2. The van der Waals surface area contributed by atoms with Gasteiger partial charge in [0.2, 0.25) is 0 Å². The molecule has 0 atom stereocenters. The number of hydrogen-bond acceptors (Lipinski definition) is 5. The number of halogens is 1. The topological polar surface area (TPSA) is 70.4 Å². The molecule has 6 nitrogen and oxygen atoms in total. The molecule has 0 saturated carbocycles. The summed E-state index contributed by atoms with van der Waals surface area (Å²) in [7, 11) is 1.33. The van der Waals surface area contributed by atoms with E-state index in [0.29, 0.717) is 6.54 Å². The second-order valence-electron chi connectivity index (χ2n) is 6.17. The van der Waals surface area contributed by atoms with Crippen molar-refractivity contribution in [3.8, 4) is 5.75 Å². The fraction of sp³-hybridized carbons (Fsp3) is 0.136. The molecule has 0 N–H and O–H groups in total. The van der Waals surface area contributed by atoms with Crippen molar-refractivity contribution in [1.82, 2.24) is 9.78 Å². The maximum Gasteiger partial charge on any atom is 0.331 e. The molecule has 29 heavy (non-hydrogen) atoms. The Morgan fingerprint density at radius 2 is 1.97 bits per heavy atom. The van der Waals surface area contributed by atoms with Gasteiger partial charge in [-0.2, -0.15) is 5.10 Å². The van der Waals surface area contributed by atoms with Crippen molar-refractivity contribution in [2.24, 2.45) is 0 Å². The van der Waals surface area contributed by atoms with Gasteiger partial charge in [0.25, 0.3) is 0 Å². The zero-order chi connectivity index (χ0) is 20.6. The Morgan fingerprint density at radius 3 is 2.69 bits per heavy atom. The smallest absolute Gasteiger partial charge is 0.331 e. The molecule has 0 aliphatic rings. The van der Waals surface area contributed by atoms with Crippen LogP contribution in [0.3, 0.4) is 0 Å². The summed E-state index contributed by atoms with van der Waals surface area (Å²) in [6, 6.07) is 13.7. The van der Waals surface area contributed by atoms with Gasteiger partial charge in [-0.25, -0.2) is 9.18 Å². The third kappa shape index (κ3) is 5.62. The molecule has 0 fully saturated rings. The highest BCUT2D eigenvalue weighted by Gasteiger charge is 2.12. The van der Waals surface area contributed by atoms with E-state index in [9.17, 15) is 14.0 Å². The van der Waals surface area contributed by atoms with Gasteiger partial charge in [0.1, 0.15) is 0 Å². The first-order valence-electron chi connectivity index (χ1n) is 8.83. The lowest BCUT2D eigenvalue weighted by Gasteiger charge is -2.05. The SMILES string of the molecule is COc1ccc(C(=O)COC(=O)/C=C/c2cnn(Cc3ccccc3)c2)cc1F. The zero-order valence-electron chi connectivity index (χ0n) is 15.7. The van der Waals surface area contributed by atoms with Crippen molar-refractivity contribution in [3.63, 3.8) is 0 Å². The highest BCUT2D eigenvalue weighted by atomic mass is 19.1. The predicted molar refractivity (Wildman–Crippen MR) is 105 cm³/mol. The summed E-state index contributed by atoms with van der Waals surface area (Å²) >= 11 is 0. The molecule has 0 aliphatic carbocycles. The molecule has 0 saturated heterocycles. The Labute approximate surface area is 167 Å². The summed E-state index contributed by atoms with van der Waals surface area (Å²) < 4.78 is 25.1. The van der Waals surface area contributed by atoms with Crippen LogP contribution >= 0.6 is 0 Å². The van der Waals surface area contributed by atoms with E-state index < -0.39 is 24.2 Å². The number of carbonyl (C=O) groups is 2. The third-order valence-corrected chi connectivity index (χ3v) is 4.07. The van der Waals surface area contributed by atoms with Crippen LogP contribution in [0.5, 0.6) is 5.75 Å². The second kappa shape index (κ2) is 9.45. The molecular formula is C22H19FN2O4. The summed E-state index contributed by atoms with van der Waals surface area (Å²) in [5.74, 6) is -1.81. The van der Waals surface area contributed by atoms with Gasteiger partial charge in [-0.1, -0.05) is 30.3 Å². The molecule has 0 amide bonds. The van der Waals surface area contributed by atoms with Crippen LogP contribution in [0.2, 0.25) is 0 Å². The van der Waals surface area contributed by atoms with Crippen molar-refractivity contribution in [3.05, 3.63) is 89.5 Å². The number of hydrogen-bond donors (Lipinski definition) is 0. The molecule has 0 bridgehead atoms. The number of ether oxygens (including phenoxy) is 2. The number of methoxy groups -OCH3 is 1. The minimum atomic E-state index is -0.678. The van der Waals surface area contributed by atoms with Crippen molar-refractivity contribution in [1.29, 1.82) is 0 Å². The van der Waals surface area contributed by atoms with Crippen LogP contribution in [0.1, 0.15) is 21.5 Å². The van der Waals surface area contributed by atoms with E-state index in [4.69, 9.17) is 9.47 Å². The number of Topliss-reactive ketones (excluding diaryl/α,β-unsaturated/α-hetero) is 1. The van der Waals surface area contributed by atoms with Gasteiger partial charge < -0.3 is 9.47 Å². The van der Waals surface area contributed by atoms with Gasteiger partial charge in [-0.3, -0.25) is 9.48 Å². The zero-order valence-corrected chi connectivity index (χ0v) is 15.7. The maximum absolute atomic E-state index is 13.7. The fourth-order valence-corrected chi connectivity index (χ4v) is 2.59. The predicted octanol–water partition coefficient (Wildman–Crippen LogP) is 3.52. The quantitative estimate of drug-likeness (QED) is 0.332. The molecule has 3 aromatic rings. The first-order valence-corrected chi connectivity index (χ1v) is 8.83. The lowest BCUT2D eigenvalue weighted by atomic mass is 10.1. The van der Waals surface area contributed by atoms with Crippen molar-refractivity contribution in [2.45, 2.75) is 6.54 Å². The van der Waals surface area contributed by atoms with E-state index in [0.717, 1.165) is 17.2 Å². The number of ketones is 1. The van der Waals surface area contributed by atoms with Crippen LogP contribution in [0, 0.1) is 5.82 Å². The van der Waals surface area contributed by atoms with Gasteiger partial charge in [0.15, 0.2) is 24.0 Å². The van der Waals surface area contributed by atoms with E-state index in [2.05, 4.69) is 5.10 Å². The Balaban J connectivity index is 1.51. The Morgan fingerprint density at radius 1 is 1.17 bits per heavy atom. The fourth-order valence-electron chi connectivity index (χ4n) is 2.59. The van der Waals surface area contributed by atoms with E-state index in [1.54, 1.807) is 23.2 Å². The number of esters is 1. The van der Waals surface area contributed by atoms with Gasteiger partial charge in [0, 0.05) is 23.4 Å². The Kier molecular flexibility index (Phi) is 6.52. The number of benzene rings is 2. The van der Waals surface area contributed by atoms with Crippen LogP contribution in [-0.2, 0) is 16.1 Å². The van der Waals surface area contributed by atoms with Gasteiger partial charge in [0.05, 0.1) is 19.9 Å². The largest absolute Gasteiger partial charge is 0.494 e. The number of rotatable bonds is 8. The average molecular weight is 394 g/mol. The van der Waals surface area contributed by atoms with E-state index >= 15 is 0 Å². The minimum Gasteiger partial charge on any atom is -0.494 e. The number of aromatic nitrogens is 2. The molecular weight excluding hydrogens is 375 g/mol. The first kappa shape index (κ1) is 20.0. The van der Waals surface area contributed by atoms with Crippen molar-refractivity contribution in [2.75, 3.05) is 13.7 Å². The van der Waals surface area contributed by atoms with Crippen LogP contribution in [0.15, 0.2) is 67.0 Å². The Bertz CT molecular complexity index is 1030. The van der Waals surface area contributed by atoms with Crippen LogP contribution < -0.4 is 4.74 Å². The third-order valence-electron chi connectivity index (χ3n) is 4.07. The van der Waals surface area contributed by atoms with Crippen molar-refractivity contribution < 1.29 is 23.5 Å². The molecule has 7 heteroatoms. The molecule has 3 rings (SSSR count). The van der Waals surface area contributed by atoms with E-state index in [1.807, 2.05) is 30.3 Å². The first-order chi connectivity index (χ1) is 14.0. The maximum atomic E-state index is 13.7. The van der Waals surface area contributed by atoms with Gasteiger partial charge >= 0.3 is 5.97 Å². The van der Waals surface area contributed by atoms with Crippen LogP contribution in [0.4, 0.5) is 4.39 Å². The van der Waals surface area contributed by atoms with E-state index in [-0.39, 0.29) is 11.3 Å². The summed E-state index contributed by atoms with van der Waals surface area (Å²) in [5, 5.41) is 4.24. The summed E-state index contributed by atoms with van der Waals surface area (Å²) in [6.45, 7) is 0.133. The van der Waals surface area contributed by atoms with Crippen LogP contribution in [0.25, 0.3) is 6.08 Å². The molecule has 1 heterocycles. The molecule has 0 radical (unpaired) electrons. The highest BCUT2D eigenvalue weighted by molar-refractivity contribution is 5.99. The molecule has 2 aromatic carbocycles. The minimum absolute atomic E-state index is 0.0364. The lowest BCUT2D eigenvalue weighted by Crippen LogP contribution is -2.12. The molecule has 0 aliphatic heterocycles. The van der Waals surface area contributed by atoms with Gasteiger partial charge in [-0.05, 0) is 29.8 Å². The summed E-state index contributed by atoms with van der Waals surface area (Å²) in [4.78, 5) is 23.9. The monoisotopic (exact) mass is 394 g/mol. The highest BCUT2D eigenvalue weighted by Crippen LogP contribution is 2.18. The molecule has 0 unspecified atom stereocenters. The number of carbonyl (C=O) groups excluding carboxylic acids is 2. The average Bonchev–Trinajstić information content (AvgIpc) is 3.18. The van der Waals surface area contributed by atoms with E-state index in [1.165, 1.54) is 25.3 Å². The summed E-state index contributed by atoms with van der Waals surface area (Å²) in [5.41, 5.74) is 1.93.